The Kier molecular flexibility index (Phi) is 2.03. The van der Waals surface area contributed by atoms with E-state index in [0.717, 1.165) is 30.5 Å². The summed E-state index contributed by atoms with van der Waals surface area (Å²) in [6.07, 6.45) is 2.45. The van der Waals surface area contributed by atoms with Crippen molar-refractivity contribution in [2.24, 2.45) is 0 Å². The van der Waals surface area contributed by atoms with E-state index in [9.17, 15) is 5.11 Å². The summed E-state index contributed by atoms with van der Waals surface area (Å²) in [5.41, 5.74) is 1.91. The number of aromatic nitrogens is 1. The van der Waals surface area contributed by atoms with Gasteiger partial charge in [0.1, 0.15) is 5.15 Å². The Bertz CT molecular complexity index is 301. The van der Waals surface area contributed by atoms with E-state index >= 15 is 0 Å². The third-order valence-electron chi connectivity index (χ3n) is 2.23. The molecule has 0 aliphatic heterocycles. The molecule has 1 aliphatic carbocycles. The van der Waals surface area contributed by atoms with Crippen molar-refractivity contribution in [2.45, 2.75) is 25.4 Å². The van der Waals surface area contributed by atoms with Crippen LogP contribution in [0.15, 0.2) is 12.1 Å². The zero-order valence-electron chi connectivity index (χ0n) is 6.63. The lowest BCUT2D eigenvalue weighted by atomic mass is 9.94. The SMILES string of the molecule is O[C@@H]1CCCc2nc(Cl)ccc21. The number of halogens is 1. The summed E-state index contributed by atoms with van der Waals surface area (Å²) in [6.45, 7) is 0. The first-order chi connectivity index (χ1) is 5.77. The number of aliphatic hydroxyl groups is 1. The Hall–Kier alpha value is -0.600. The molecule has 1 aliphatic rings. The van der Waals surface area contributed by atoms with Crippen molar-refractivity contribution < 1.29 is 5.11 Å². The lowest BCUT2D eigenvalue weighted by Gasteiger charge is -2.19. The van der Waals surface area contributed by atoms with Crippen molar-refractivity contribution in [1.82, 2.24) is 4.98 Å². The molecule has 1 heterocycles. The minimum absolute atomic E-state index is 0.335. The molecule has 0 unspecified atom stereocenters. The van der Waals surface area contributed by atoms with Crippen molar-refractivity contribution in [3.63, 3.8) is 0 Å². The number of fused-ring (bicyclic) bond motifs is 1. The molecule has 0 saturated carbocycles. The van der Waals surface area contributed by atoms with Crippen LogP contribution in [0.3, 0.4) is 0 Å². The largest absolute Gasteiger partial charge is 0.388 e. The molecule has 64 valence electrons. The molecule has 0 bridgehead atoms. The van der Waals surface area contributed by atoms with Gasteiger partial charge in [0.25, 0.3) is 0 Å². The van der Waals surface area contributed by atoms with E-state index in [1.165, 1.54) is 0 Å². The standard InChI is InChI=1S/C9H10ClNO/c10-9-5-4-6-7(11-9)2-1-3-8(6)12/h4-5,8,12H,1-3H2/t8-/m1/s1. The molecule has 1 N–H and O–H groups in total. The highest BCUT2D eigenvalue weighted by Crippen LogP contribution is 2.28. The summed E-state index contributed by atoms with van der Waals surface area (Å²) in [6, 6.07) is 3.60. The van der Waals surface area contributed by atoms with Gasteiger partial charge in [0, 0.05) is 11.3 Å². The van der Waals surface area contributed by atoms with Crippen molar-refractivity contribution >= 4 is 11.6 Å². The van der Waals surface area contributed by atoms with Crippen molar-refractivity contribution in [3.8, 4) is 0 Å². The second kappa shape index (κ2) is 3.04. The van der Waals surface area contributed by atoms with E-state index < -0.39 is 0 Å². The summed E-state index contributed by atoms with van der Waals surface area (Å²) in [4.78, 5) is 4.17. The molecule has 0 aromatic carbocycles. The zero-order chi connectivity index (χ0) is 8.55. The summed E-state index contributed by atoms with van der Waals surface area (Å²) in [5.74, 6) is 0. The summed E-state index contributed by atoms with van der Waals surface area (Å²) < 4.78 is 0. The van der Waals surface area contributed by atoms with E-state index in [4.69, 9.17) is 11.6 Å². The van der Waals surface area contributed by atoms with Crippen molar-refractivity contribution in [1.29, 1.82) is 0 Å². The Morgan fingerprint density at radius 1 is 1.50 bits per heavy atom. The maximum absolute atomic E-state index is 9.57. The molecular weight excluding hydrogens is 174 g/mol. The topological polar surface area (TPSA) is 33.1 Å². The van der Waals surface area contributed by atoms with Crippen LogP contribution in [0.25, 0.3) is 0 Å². The van der Waals surface area contributed by atoms with E-state index in [-0.39, 0.29) is 6.10 Å². The fourth-order valence-electron chi connectivity index (χ4n) is 1.61. The second-order valence-electron chi connectivity index (χ2n) is 3.08. The molecule has 1 aromatic rings. The fraction of sp³-hybridized carbons (Fsp3) is 0.444. The molecule has 0 saturated heterocycles. The summed E-state index contributed by atoms with van der Waals surface area (Å²) in [7, 11) is 0. The van der Waals surface area contributed by atoms with Crippen LogP contribution >= 0.6 is 11.6 Å². The van der Waals surface area contributed by atoms with E-state index in [1.807, 2.05) is 6.07 Å². The van der Waals surface area contributed by atoms with Gasteiger partial charge in [-0.25, -0.2) is 4.98 Å². The van der Waals surface area contributed by atoms with Crippen LogP contribution in [0.5, 0.6) is 0 Å². The highest BCUT2D eigenvalue weighted by molar-refractivity contribution is 6.29. The van der Waals surface area contributed by atoms with Gasteiger partial charge in [0.05, 0.1) is 6.10 Å². The Morgan fingerprint density at radius 2 is 2.33 bits per heavy atom. The zero-order valence-corrected chi connectivity index (χ0v) is 7.38. The molecule has 2 rings (SSSR count). The lowest BCUT2D eigenvalue weighted by molar-refractivity contribution is 0.155. The Balaban J connectivity index is 2.46. The third kappa shape index (κ3) is 1.32. The average Bonchev–Trinajstić information content (AvgIpc) is 2.04. The number of rotatable bonds is 0. The van der Waals surface area contributed by atoms with Gasteiger partial charge in [-0.15, -0.1) is 0 Å². The normalized spacial score (nSPS) is 22.0. The van der Waals surface area contributed by atoms with Gasteiger partial charge >= 0.3 is 0 Å². The summed E-state index contributed by atoms with van der Waals surface area (Å²) >= 11 is 5.73. The summed E-state index contributed by atoms with van der Waals surface area (Å²) in [5, 5.41) is 10.1. The number of pyridine rings is 1. The van der Waals surface area contributed by atoms with Crippen LogP contribution in [0, 0.1) is 0 Å². The molecule has 0 spiro atoms. The number of hydrogen-bond donors (Lipinski definition) is 1. The Morgan fingerprint density at radius 3 is 3.17 bits per heavy atom. The number of aryl methyl sites for hydroxylation is 1. The van der Waals surface area contributed by atoms with Gasteiger partial charge in [-0.2, -0.15) is 0 Å². The first-order valence-electron chi connectivity index (χ1n) is 4.11. The van der Waals surface area contributed by atoms with Gasteiger partial charge in [-0.05, 0) is 25.3 Å². The van der Waals surface area contributed by atoms with E-state index in [1.54, 1.807) is 6.07 Å². The quantitative estimate of drug-likeness (QED) is 0.625. The molecule has 0 amide bonds. The first-order valence-corrected chi connectivity index (χ1v) is 4.48. The molecule has 3 heteroatoms. The minimum atomic E-state index is -0.335. The average molecular weight is 184 g/mol. The molecule has 12 heavy (non-hydrogen) atoms. The molecular formula is C9H10ClNO. The smallest absolute Gasteiger partial charge is 0.129 e. The van der Waals surface area contributed by atoms with Crippen LogP contribution in [-0.4, -0.2) is 10.1 Å². The van der Waals surface area contributed by atoms with Gasteiger partial charge < -0.3 is 5.11 Å². The number of hydrogen-bond acceptors (Lipinski definition) is 2. The second-order valence-corrected chi connectivity index (χ2v) is 3.47. The fourth-order valence-corrected chi connectivity index (χ4v) is 1.77. The maximum atomic E-state index is 9.57. The maximum Gasteiger partial charge on any atom is 0.129 e. The number of nitrogens with zero attached hydrogens (tertiary/aromatic N) is 1. The minimum Gasteiger partial charge on any atom is -0.388 e. The van der Waals surface area contributed by atoms with Crippen LogP contribution in [0.2, 0.25) is 5.15 Å². The van der Waals surface area contributed by atoms with Crippen LogP contribution in [0.1, 0.15) is 30.2 Å². The van der Waals surface area contributed by atoms with Gasteiger partial charge in [-0.1, -0.05) is 17.7 Å². The van der Waals surface area contributed by atoms with Crippen LogP contribution in [0.4, 0.5) is 0 Å². The molecule has 0 radical (unpaired) electrons. The van der Waals surface area contributed by atoms with Crippen LogP contribution < -0.4 is 0 Å². The van der Waals surface area contributed by atoms with E-state index in [2.05, 4.69) is 4.98 Å². The predicted molar refractivity (Wildman–Crippen MR) is 47.1 cm³/mol. The third-order valence-corrected chi connectivity index (χ3v) is 2.44. The first kappa shape index (κ1) is 8.02. The lowest BCUT2D eigenvalue weighted by Crippen LogP contribution is -2.10. The Labute approximate surface area is 76.2 Å². The van der Waals surface area contributed by atoms with Gasteiger partial charge in [0.15, 0.2) is 0 Å². The molecule has 2 nitrogen and oxygen atoms in total. The molecule has 0 fully saturated rings. The van der Waals surface area contributed by atoms with Crippen LogP contribution in [-0.2, 0) is 6.42 Å². The van der Waals surface area contributed by atoms with E-state index in [0.29, 0.717) is 5.15 Å². The predicted octanol–water partition coefficient (Wildman–Crippen LogP) is 2.10. The highest BCUT2D eigenvalue weighted by Gasteiger charge is 2.18. The molecule has 1 aromatic heterocycles. The van der Waals surface area contributed by atoms with Crippen molar-refractivity contribution in [2.75, 3.05) is 0 Å². The van der Waals surface area contributed by atoms with Gasteiger partial charge in [-0.3, -0.25) is 0 Å². The monoisotopic (exact) mass is 183 g/mol. The van der Waals surface area contributed by atoms with Gasteiger partial charge in [0.2, 0.25) is 0 Å². The van der Waals surface area contributed by atoms with Crippen molar-refractivity contribution in [3.05, 3.63) is 28.5 Å². The number of aliphatic hydroxyl groups excluding tert-OH is 1. The molecule has 1 atom stereocenters. The highest BCUT2D eigenvalue weighted by atomic mass is 35.5.